The summed E-state index contributed by atoms with van der Waals surface area (Å²) in [5, 5.41) is 6.04. The maximum atomic E-state index is 12.9. The van der Waals surface area contributed by atoms with Crippen LogP contribution in [0.4, 0.5) is 0 Å². The number of nitrogens with one attached hydrogen (secondary N) is 2. The third kappa shape index (κ3) is 5.56. The maximum Gasteiger partial charge on any atom is 0.245 e. The van der Waals surface area contributed by atoms with E-state index in [2.05, 4.69) is 27.7 Å². The highest BCUT2D eigenvalue weighted by Crippen LogP contribution is 2.28. The Hall–Kier alpha value is -1.88. The lowest BCUT2D eigenvalue weighted by atomic mass is 9.80. The van der Waals surface area contributed by atoms with Gasteiger partial charge in [-0.15, -0.1) is 0 Å². The number of amides is 2. The van der Waals surface area contributed by atoms with Crippen LogP contribution in [0.3, 0.4) is 0 Å². The predicted octanol–water partition coefficient (Wildman–Crippen LogP) is 2.11. The normalized spacial score (nSPS) is 17.8. The first-order chi connectivity index (χ1) is 11.9. The van der Waals surface area contributed by atoms with Crippen LogP contribution >= 0.6 is 0 Å². The van der Waals surface area contributed by atoms with Crippen LogP contribution < -0.4 is 10.6 Å². The van der Waals surface area contributed by atoms with Gasteiger partial charge in [-0.05, 0) is 38.9 Å². The second-order valence-electron chi connectivity index (χ2n) is 7.34. The molecule has 0 saturated heterocycles. The zero-order chi connectivity index (χ0) is 18.3. The van der Waals surface area contributed by atoms with Gasteiger partial charge in [0.1, 0.15) is 5.54 Å². The molecule has 2 amide bonds. The Morgan fingerprint density at radius 2 is 1.76 bits per heavy atom. The number of hydrogen-bond donors (Lipinski definition) is 2. The molecule has 1 atom stereocenters. The summed E-state index contributed by atoms with van der Waals surface area (Å²) >= 11 is 0. The van der Waals surface area contributed by atoms with Gasteiger partial charge in [0.05, 0.1) is 0 Å². The highest BCUT2D eigenvalue weighted by Gasteiger charge is 2.40. The van der Waals surface area contributed by atoms with Crippen LogP contribution in [-0.4, -0.2) is 48.9 Å². The number of nitrogens with zero attached hydrogens (tertiary/aromatic N) is 1. The molecule has 0 heterocycles. The van der Waals surface area contributed by atoms with Crippen molar-refractivity contribution in [3.05, 3.63) is 35.9 Å². The molecular formula is C20H31N3O2. The van der Waals surface area contributed by atoms with E-state index in [1.165, 1.54) is 12.5 Å². The molecule has 5 nitrogen and oxygen atoms in total. The van der Waals surface area contributed by atoms with Crippen LogP contribution in [0.2, 0.25) is 0 Å². The van der Waals surface area contributed by atoms with Crippen molar-refractivity contribution in [3.8, 4) is 0 Å². The molecule has 0 spiro atoms. The van der Waals surface area contributed by atoms with E-state index in [1.54, 1.807) is 0 Å². The highest BCUT2D eigenvalue weighted by atomic mass is 16.2. The molecule has 25 heavy (non-hydrogen) atoms. The van der Waals surface area contributed by atoms with Crippen molar-refractivity contribution in [2.75, 3.05) is 20.6 Å². The molecule has 5 heteroatoms. The minimum atomic E-state index is -0.728. The minimum absolute atomic E-state index is 0.0395. The molecule has 0 radical (unpaired) electrons. The van der Waals surface area contributed by atoms with Crippen molar-refractivity contribution in [2.24, 2.45) is 0 Å². The molecule has 138 valence electrons. The summed E-state index contributed by atoms with van der Waals surface area (Å²) in [6, 6.07) is 10.5. The standard InChI is InChI=1S/C20H31N3O2/c1-16(24)22-20(12-8-5-9-13-20)19(25)21-15-18(23(2)3)14-17-10-6-4-7-11-17/h4,6-7,10-11,18H,5,8-9,12-15H2,1-3H3,(H,21,25)(H,22,24)/t18-/m0/s1. The van der Waals surface area contributed by atoms with E-state index in [1.807, 2.05) is 32.3 Å². The summed E-state index contributed by atoms with van der Waals surface area (Å²) in [5.74, 6) is -0.173. The second kappa shape index (κ2) is 8.99. The summed E-state index contributed by atoms with van der Waals surface area (Å²) in [6.07, 6.45) is 5.42. The Morgan fingerprint density at radius 1 is 1.12 bits per heavy atom. The third-order valence-electron chi connectivity index (χ3n) is 5.10. The van der Waals surface area contributed by atoms with E-state index >= 15 is 0 Å². The van der Waals surface area contributed by atoms with Crippen molar-refractivity contribution >= 4 is 11.8 Å². The van der Waals surface area contributed by atoms with Gasteiger partial charge in [0.15, 0.2) is 0 Å². The molecule has 1 aromatic carbocycles. The first kappa shape index (κ1) is 19.4. The lowest BCUT2D eigenvalue weighted by Crippen LogP contribution is -2.60. The van der Waals surface area contributed by atoms with Crippen molar-refractivity contribution < 1.29 is 9.59 Å². The second-order valence-corrected chi connectivity index (χ2v) is 7.34. The Kier molecular flexibility index (Phi) is 7.00. The van der Waals surface area contributed by atoms with Crippen LogP contribution in [0.5, 0.6) is 0 Å². The monoisotopic (exact) mass is 345 g/mol. The summed E-state index contributed by atoms with van der Waals surface area (Å²) in [6.45, 7) is 2.06. The molecule has 0 bridgehead atoms. The number of carbonyl (C=O) groups is 2. The molecule has 1 aliphatic rings. The first-order valence-corrected chi connectivity index (χ1v) is 9.20. The predicted molar refractivity (Wildman–Crippen MR) is 100 cm³/mol. The molecule has 2 rings (SSSR count). The molecule has 1 saturated carbocycles. The Bertz CT molecular complexity index is 566. The van der Waals surface area contributed by atoms with E-state index in [0.29, 0.717) is 6.54 Å². The number of carbonyl (C=O) groups excluding carboxylic acids is 2. The Balaban J connectivity index is 2.00. The van der Waals surface area contributed by atoms with Gasteiger partial charge in [-0.1, -0.05) is 49.6 Å². The fourth-order valence-electron chi connectivity index (χ4n) is 3.60. The van der Waals surface area contributed by atoms with Gasteiger partial charge < -0.3 is 15.5 Å². The summed E-state index contributed by atoms with van der Waals surface area (Å²) in [5.41, 5.74) is 0.526. The number of benzene rings is 1. The van der Waals surface area contributed by atoms with Crippen LogP contribution in [0.1, 0.15) is 44.6 Å². The van der Waals surface area contributed by atoms with Gasteiger partial charge in [0, 0.05) is 19.5 Å². The van der Waals surface area contributed by atoms with E-state index in [0.717, 1.165) is 38.5 Å². The smallest absolute Gasteiger partial charge is 0.245 e. The lowest BCUT2D eigenvalue weighted by molar-refractivity contribution is -0.134. The molecule has 0 aromatic heterocycles. The van der Waals surface area contributed by atoms with Gasteiger partial charge in [0.25, 0.3) is 0 Å². The molecule has 2 N–H and O–H groups in total. The van der Waals surface area contributed by atoms with Crippen LogP contribution in [-0.2, 0) is 16.0 Å². The topological polar surface area (TPSA) is 61.4 Å². The van der Waals surface area contributed by atoms with Crippen LogP contribution in [0.15, 0.2) is 30.3 Å². The van der Waals surface area contributed by atoms with Crippen molar-refractivity contribution in [1.29, 1.82) is 0 Å². The van der Waals surface area contributed by atoms with E-state index in [4.69, 9.17) is 0 Å². The Labute approximate surface area is 151 Å². The lowest BCUT2D eigenvalue weighted by Gasteiger charge is -2.37. The molecule has 0 unspecified atom stereocenters. The molecular weight excluding hydrogens is 314 g/mol. The van der Waals surface area contributed by atoms with Crippen molar-refractivity contribution in [2.45, 2.75) is 57.0 Å². The fourth-order valence-corrected chi connectivity index (χ4v) is 3.60. The van der Waals surface area contributed by atoms with Crippen LogP contribution in [0, 0.1) is 0 Å². The average Bonchev–Trinajstić information content (AvgIpc) is 2.59. The zero-order valence-corrected chi connectivity index (χ0v) is 15.7. The first-order valence-electron chi connectivity index (χ1n) is 9.20. The average molecular weight is 345 g/mol. The van der Waals surface area contributed by atoms with E-state index < -0.39 is 5.54 Å². The quantitative estimate of drug-likeness (QED) is 0.796. The third-order valence-corrected chi connectivity index (χ3v) is 5.10. The number of likely N-dealkylation sites (N-methyl/N-ethyl adjacent to an activating group) is 1. The fraction of sp³-hybridized carbons (Fsp3) is 0.600. The van der Waals surface area contributed by atoms with Gasteiger partial charge in [-0.3, -0.25) is 9.59 Å². The van der Waals surface area contributed by atoms with Gasteiger partial charge in [-0.2, -0.15) is 0 Å². The van der Waals surface area contributed by atoms with E-state index in [-0.39, 0.29) is 17.9 Å². The summed E-state index contributed by atoms with van der Waals surface area (Å²) in [4.78, 5) is 26.6. The van der Waals surface area contributed by atoms with Crippen LogP contribution in [0.25, 0.3) is 0 Å². The molecule has 0 aliphatic heterocycles. The van der Waals surface area contributed by atoms with Gasteiger partial charge in [-0.25, -0.2) is 0 Å². The SMILES string of the molecule is CC(=O)NC1(C(=O)NC[C@H](Cc2ccccc2)N(C)C)CCCCC1. The van der Waals surface area contributed by atoms with Gasteiger partial charge >= 0.3 is 0 Å². The van der Waals surface area contributed by atoms with Crippen molar-refractivity contribution in [1.82, 2.24) is 15.5 Å². The summed E-state index contributed by atoms with van der Waals surface area (Å²) in [7, 11) is 4.06. The Morgan fingerprint density at radius 3 is 2.32 bits per heavy atom. The number of hydrogen-bond acceptors (Lipinski definition) is 3. The number of rotatable bonds is 7. The maximum absolute atomic E-state index is 12.9. The van der Waals surface area contributed by atoms with Gasteiger partial charge in [0.2, 0.25) is 11.8 Å². The molecule has 1 aliphatic carbocycles. The van der Waals surface area contributed by atoms with E-state index in [9.17, 15) is 9.59 Å². The zero-order valence-electron chi connectivity index (χ0n) is 15.7. The largest absolute Gasteiger partial charge is 0.352 e. The molecule has 1 fully saturated rings. The summed E-state index contributed by atoms with van der Waals surface area (Å²) < 4.78 is 0. The minimum Gasteiger partial charge on any atom is -0.352 e. The highest BCUT2D eigenvalue weighted by molar-refractivity contribution is 5.91. The van der Waals surface area contributed by atoms with Crippen molar-refractivity contribution in [3.63, 3.8) is 0 Å². The molecule has 1 aromatic rings.